The van der Waals surface area contributed by atoms with E-state index in [1.807, 2.05) is 0 Å². The van der Waals surface area contributed by atoms with Crippen LogP contribution in [0, 0.1) is 5.92 Å². The molecular weight excluding hydrogens is 144 g/mol. The molecule has 2 heterocycles. The Labute approximate surface area is 64.6 Å². The molecule has 11 heavy (non-hydrogen) atoms. The predicted molar refractivity (Wildman–Crippen MR) is 39.1 cm³/mol. The van der Waals surface area contributed by atoms with E-state index in [-0.39, 0.29) is 17.9 Å². The number of hydrogen-bond acceptors (Lipinski definition) is 4. The van der Waals surface area contributed by atoms with Gasteiger partial charge in [-0.05, 0) is 6.42 Å². The molecule has 2 unspecified atom stereocenters. The Balaban J connectivity index is 2.20. The fourth-order valence-electron chi connectivity index (χ4n) is 1.56. The van der Waals surface area contributed by atoms with Crippen molar-refractivity contribution in [3.05, 3.63) is 0 Å². The summed E-state index contributed by atoms with van der Waals surface area (Å²) in [5, 5.41) is 6.94. The van der Waals surface area contributed by atoms with Crippen LogP contribution in [0.25, 0.3) is 0 Å². The van der Waals surface area contributed by atoms with Gasteiger partial charge in [0.1, 0.15) is 5.92 Å². The molecule has 0 bridgehead atoms. The summed E-state index contributed by atoms with van der Waals surface area (Å²) < 4.78 is 0. The molecule has 4 heteroatoms. The van der Waals surface area contributed by atoms with Gasteiger partial charge in [-0.1, -0.05) is 12.1 Å². The van der Waals surface area contributed by atoms with Gasteiger partial charge in [-0.15, -0.1) is 0 Å². The highest BCUT2D eigenvalue weighted by atomic mass is 16.7. The second-order valence-electron chi connectivity index (χ2n) is 2.85. The normalized spacial score (nSPS) is 35.0. The molecule has 0 spiro atoms. The molecule has 2 aliphatic heterocycles. The molecule has 0 aromatic heterocycles. The van der Waals surface area contributed by atoms with E-state index < -0.39 is 0 Å². The Morgan fingerprint density at radius 1 is 1.82 bits per heavy atom. The van der Waals surface area contributed by atoms with Crippen molar-refractivity contribution in [3.63, 3.8) is 0 Å². The van der Waals surface area contributed by atoms with E-state index in [4.69, 9.17) is 0 Å². The Morgan fingerprint density at radius 2 is 2.64 bits per heavy atom. The van der Waals surface area contributed by atoms with Crippen LogP contribution >= 0.6 is 0 Å². The monoisotopic (exact) mass is 154 g/mol. The van der Waals surface area contributed by atoms with Crippen LogP contribution in [-0.2, 0) is 9.63 Å². The lowest BCUT2D eigenvalue weighted by Gasteiger charge is -2.03. The predicted octanol–water partition coefficient (Wildman–Crippen LogP) is -0.103. The zero-order chi connectivity index (χ0) is 7.84. The molecule has 2 aliphatic rings. The van der Waals surface area contributed by atoms with Gasteiger partial charge >= 0.3 is 5.97 Å². The zero-order valence-corrected chi connectivity index (χ0v) is 6.33. The molecular formula is C7H10N2O2. The molecule has 2 rings (SSSR count). The van der Waals surface area contributed by atoms with Crippen LogP contribution in [0.3, 0.4) is 0 Å². The lowest BCUT2D eigenvalue weighted by Crippen LogP contribution is -2.25. The van der Waals surface area contributed by atoms with E-state index in [0.717, 1.165) is 12.1 Å². The number of nitrogens with one attached hydrogen (secondary N) is 1. The van der Waals surface area contributed by atoms with Gasteiger partial charge in [-0.25, -0.2) is 4.79 Å². The standard InChI is InChI=1S/C7H10N2O2/c1-2-5-6-4(3-8-5)7(10)11-9-6/h4-5,8H,2-3H2,1H3. The van der Waals surface area contributed by atoms with Crippen molar-refractivity contribution in [2.75, 3.05) is 6.54 Å². The summed E-state index contributed by atoms with van der Waals surface area (Å²) in [6.45, 7) is 2.75. The van der Waals surface area contributed by atoms with Crippen molar-refractivity contribution < 1.29 is 9.63 Å². The molecule has 60 valence electrons. The first-order valence-corrected chi connectivity index (χ1v) is 3.85. The largest absolute Gasteiger partial charge is 0.345 e. The minimum Gasteiger partial charge on any atom is -0.317 e. The van der Waals surface area contributed by atoms with Crippen LogP contribution in [0.2, 0.25) is 0 Å². The Kier molecular flexibility index (Phi) is 1.42. The Morgan fingerprint density at radius 3 is 3.36 bits per heavy atom. The van der Waals surface area contributed by atoms with Gasteiger partial charge in [0, 0.05) is 12.6 Å². The van der Waals surface area contributed by atoms with Crippen LogP contribution in [-0.4, -0.2) is 24.3 Å². The molecule has 0 radical (unpaired) electrons. The fourth-order valence-corrected chi connectivity index (χ4v) is 1.56. The number of carbonyl (C=O) groups excluding carboxylic acids is 1. The SMILES string of the molecule is CCC1NCC2C(=O)ON=C12. The van der Waals surface area contributed by atoms with Gasteiger partial charge in [-0.2, -0.15) is 0 Å². The van der Waals surface area contributed by atoms with Crippen LogP contribution in [0.5, 0.6) is 0 Å². The van der Waals surface area contributed by atoms with E-state index in [0.29, 0.717) is 6.54 Å². The minimum absolute atomic E-state index is 0.0973. The summed E-state index contributed by atoms with van der Waals surface area (Å²) in [5.41, 5.74) is 0.887. The quantitative estimate of drug-likeness (QED) is 0.536. The number of carbonyl (C=O) groups is 1. The van der Waals surface area contributed by atoms with Crippen molar-refractivity contribution in [3.8, 4) is 0 Å². The fraction of sp³-hybridized carbons (Fsp3) is 0.714. The Hall–Kier alpha value is -0.900. The van der Waals surface area contributed by atoms with E-state index >= 15 is 0 Å². The number of oxime groups is 1. The van der Waals surface area contributed by atoms with Crippen molar-refractivity contribution in [2.24, 2.45) is 11.1 Å². The molecule has 1 saturated heterocycles. The van der Waals surface area contributed by atoms with Gasteiger partial charge in [0.15, 0.2) is 0 Å². The van der Waals surface area contributed by atoms with Crippen LogP contribution in [0.15, 0.2) is 5.16 Å². The first kappa shape index (κ1) is 6.79. The van der Waals surface area contributed by atoms with Gasteiger partial charge in [0.25, 0.3) is 0 Å². The lowest BCUT2D eigenvalue weighted by molar-refractivity contribution is -0.143. The topological polar surface area (TPSA) is 50.7 Å². The first-order chi connectivity index (χ1) is 5.33. The second kappa shape index (κ2) is 2.30. The molecule has 0 aliphatic carbocycles. The zero-order valence-electron chi connectivity index (χ0n) is 6.33. The third-order valence-corrected chi connectivity index (χ3v) is 2.22. The highest BCUT2D eigenvalue weighted by Gasteiger charge is 2.41. The summed E-state index contributed by atoms with van der Waals surface area (Å²) >= 11 is 0. The molecule has 0 aromatic carbocycles. The molecule has 4 nitrogen and oxygen atoms in total. The average Bonchev–Trinajstić information content (AvgIpc) is 2.53. The maximum Gasteiger partial charge on any atom is 0.345 e. The van der Waals surface area contributed by atoms with Crippen LogP contribution < -0.4 is 5.32 Å². The van der Waals surface area contributed by atoms with Crippen LogP contribution in [0.1, 0.15) is 13.3 Å². The number of nitrogens with zero attached hydrogens (tertiary/aromatic N) is 1. The molecule has 1 N–H and O–H groups in total. The minimum atomic E-state index is -0.205. The average molecular weight is 154 g/mol. The molecule has 0 amide bonds. The number of hydrogen-bond donors (Lipinski definition) is 1. The van der Waals surface area contributed by atoms with Crippen molar-refractivity contribution in [1.29, 1.82) is 0 Å². The highest BCUT2D eigenvalue weighted by Crippen LogP contribution is 2.20. The second-order valence-corrected chi connectivity index (χ2v) is 2.85. The third-order valence-electron chi connectivity index (χ3n) is 2.22. The summed E-state index contributed by atoms with van der Waals surface area (Å²) in [6, 6.07) is 0.256. The number of fused-ring (bicyclic) bond motifs is 1. The smallest absolute Gasteiger partial charge is 0.317 e. The van der Waals surface area contributed by atoms with Gasteiger partial charge in [0.05, 0.1) is 5.71 Å². The van der Waals surface area contributed by atoms with Gasteiger partial charge < -0.3 is 10.2 Å². The summed E-state index contributed by atoms with van der Waals surface area (Å²) in [4.78, 5) is 15.5. The maximum atomic E-state index is 10.9. The summed E-state index contributed by atoms with van der Waals surface area (Å²) in [5.74, 6) is -0.302. The van der Waals surface area contributed by atoms with E-state index in [1.54, 1.807) is 0 Å². The van der Waals surface area contributed by atoms with E-state index in [2.05, 4.69) is 22.2 Å². The van der Waals surface area contributed by atoms with Crippen molar-refractivity contribution in [2.45, 2.75) is 19.4 Å². The molecule has 1 fully saturated rings. The molecule has 0 aromatic rings. The highest BCUT2D eigenvalue weighted by molar-refractivity contribution is 6.09. The van der Waals surface area contributed by atoms with E-state index in [9.17, 15) is 4.79 Å². The summed E-state index contributed by atoms with van der Waals surface area (Å²) in [6.07, 6.45) is 0.964. The van der Waals surface area contributed by atoms with E-state index in [1.165, 1.54) is 0 Å². The van der Waals surface area contributed by atoms with Crippen molar-refractivity contribution >= 4 is 11.7 Å². The molecule has 0 saturated carbocycles. The number of rotatable bonds is 1. The van der Waals surface area contributed by atoms with Gasteiger partial charge in [0.2, 0.25) is 0 Å². The lowest BCUT2D eigenvalue weighted by atomic mass is 10.0. The Bertz CT molecular complexity index is 224. The molecule has 2 atom stereocenters. The maximum absolute atomic E-state index is 10.9. The van der Waals surface area contributed by atoms with Gasteiger partial charge in [-0.3, -0.25) is 0 Å². The third kappa shape index (κ3) is 0.860. The van der Waals surface area contributed by atoms with Crippen LogP contribution in [0.4, 0.5) is 0 Å². The summed E-state index contributed by atoms with van der Waals surface area (Å²) in [7, 11) is 0. The first-order valence-electron chi connectivity index (χ1n) is 3.85. The van der Waals surface area contributed by atoms with Crippen molar-refractivity contribution in [1.82, 2.24) is 5.32 Å².